The number of nitrogens with one attached hydrogen (secondary N) is 1. The van der Waals surface area contributed by atoms with Gasteiger partial charge < -0.3 is 9.47 Å². The fourth-order valence-corrected chi connectivity index (χ4v) is 3.20. The van der Waals surface area contributed by atoms with Crippen LogP contribution in [-0.4, -0.2) is 28.3 Å². The molecular weight excluding hydrogens is 399 g/mol. The zero-order chi connectivity index (χ0) is 19.2. The van der Waals surface area contributed by atoms with Gasteiger partial charge in [-0.05, 0) is 36.8 Å². The molecule has 26 heavy (non-hydrogen) atoms. The topological polar surface area (TPSA) is 77.0 Å². The normalized spacial score (nSPS) is 11.5. The summed E-state index contributed by atoms with van der Waals surface area (Å²) < 4.78 is 35.5. The predicted molar refractivity (Wildman–Crippen MR) is 103 cm³/mol. The van der Waals surface area contributed by atoms with Gasteiger partial charge in [-0.25, -0.2) is 4.83 Å². The molecule has 0 bridgehead atoms. The number of sulfonamides is 1. The lowest BCUT2D eigenvalue weighted by Gasteiger charge is -2.12. The Morgan fingerprint density at radius 3 is 2.62 bits per heavy atom. The van der Waals surface area contributed by atoms with Crippen molar-refractivity contribution >= 4 is 39.4 Å². The highest BCUT2D eigenvalue weighted by molar-refractivity contribution is 7.89. The molecule has 6 nitrogen and oxygen atoms in total. The number of hydrazone groups is 1. The van der Waals surface area contributed by atoms with Crippen molar-refractivity contribution in [2.75, 3.05) is 13.7 Å². The van der Waals surface area contributed by atoms with Crippen LogP contribution in [0.25, 0.3) is 0 Å². The minimum atomic E-state index is -3.88. The fraction of sp³-hybridized carbons (Fsp3) is 0.235. The van der Waals surface area contributed by atoms with Crippen molar-refractivity contribution in [3.8, 4) is 11.5 Å². The zero-order valence-electron chi connectivity index (χ0n) is 14.2. The highest BCUT2D eigenvalue weighted by Gasteiger charge is 2.15. The summed E-state index contributed by atoms with van der Waals surface area (Å²) in [7, 11) is -2.35. The molecule has 0 aliphatic carbocycles. The van der Waals surface area contributed by atoms with E-state index in [-0.39, 0.29) is 14.9 Å². The molecule has 0 saturated heterocycles. The van der Waals surface area contributed by atoms with Crippen LogP contribution in [0.4, 0.5) is 0 Å². The molecule has 0 unspecified atom stereocenters. The number of hydrogen-bond donors (Lipinski definition) is 1. The third-order valence-corrected chi connectivity index (χ3v) is 5.22. The van der Waals surface area contributed by atoms with Crippen LogP contribution in [0.5, 0.6) is 11.5 Å². The van der Waals surface area contributed by atoms with Crippen LogP contribution in [0.15, 0.2) is 46.4 Å². The molecule has 0 radical (unpaired) electrons. The van der Waals surface area contributed by atoms with Crippen molar-refractivity contribution in [1.82, 2.24) is 4.83 Å². The molecule has 0 spiro atoms. The Morgan fingerprint density at radius 2 is 1.96 bits per heavy atom. The van der Waals surface area contributed by atoms with Crippen LogP contribution >= 0.6 is 23.2 Å². The van der Waals surface area contributed by atoms with E-state index in [0.717, 1.165) is 6.42 Å². The number of benzene rings is 2. The first-order valence-electron chi connectivity index (χ1n) is 7.68. The van der Waals surface area contributed by atoms with Gasteiger partial charge in [0.15, 0.2) is 11.5 Å². The first-order chi connectivity index (χ1) is 12.4. The third-order valence-electron chi connectivity index (χ3n) is 3.26. The molecule has 0 amide bonds. The molecule has 140 valence electrons. The van der Waals surface area contributed by atoms with Crippen LogP contribution in [-0.2, 0) is 10.0 Å². The minimum absolute atomic E-state index is 0.0443. The van der Waals surface area contributed by atoms with Gasteiger partial charge in [0, 0.05) is 5.56 Å². The molecule has 0 saturated carbocycles. The number of hydrogen-bond acceptors (Lipinski definition) is 5. The van der Waals surface area contributed by atoms with E-state index in [0.29, 0.717) is 23.7 Å². The van der Waals surface area contributed by atoms with E-state index in [9.17, 15) is 8.42 Å². The highest BCUT2D eigenvalue weighted by atomic mass is 35.5. The molecule has 2 aromatic rings. The van der Waals surface area contributed by atoms with Crippen molar-refractivity contribution < 1.29 is 17.9 Å². The lowest BCUT2D eigenvalue weighted by atomic mass is 10.2. The average Bonchev–Trinajstić information content (AvgIpc) is 2.62. The Labute approximate surface area is 162 Å². The second kappa shape index (κ2) is 9.12. The monoisotopic (exact) mass is 416 g/mol. The first-order valence-corrected chi connectivity index (χ1v) is 9.92. The molecule has 9 heteroatoms. The Balaban J connectivity index is 2.23. The quantitative estimate of drug-likeness (QED) is 0.518. The molecule has 0 atom stereocenters. The highest BCUT2D eigenvalue weighted by Crippen LogP contribution is 2.30. The number of nitrogens with zero attached hydrogens (tertiary/aromatic N) is 1. The number of methoxy groups -OCH3 is 1. The van der Waals surface area contributed by atoms with Crippen molar-refractivity contribution in [1.29, 1.82) is 0 Å². The van der Waals surface area contributed by atoms with Crippen LogP contribution in [0.1, 0.15) is 18.9 Å². The Kier molecular flexibility index (Phi) is 7.14. The van der Waals surface area contributed by atoms with E-state index in [1.807, 2.05) is 6.92 Å². The average molecular weight is 417 g/mol. The molecule has 0 aliphatic heterocycles. The van der Waals surface area contributed by atoms with E-state index in [2.05, 4.69) is 9.93 Å². The molecule has 1 N–H and O–H groups in total. The van der Waals surface area contributed by atoms with Gasteiger partial charge in [0.1, 0.15) is 0 Å². The molecule has 0 heterocycles. The van der Waals surface area contributed by atoms with Crippen molar-refractivity contribution in [3.63, 3.8) is 0 Å². The predicted octanol–water partition coefficient (Wildman–Crippen LogP) is 4.10. The molecule has 0 fully saturated rings. The second-order valence-electron chi connectivity index (χ2n) is 5.16. The zero-order valence-corrected chi connectivity index (χ0v) is 16.5. The third kappa shape index (κ3) is 5.03. The lowest BCUT2D eigenvalue weighted by Crippen LogP contribution is -2.18. The smallest absolute Gasteiger partial charge is 0.276 e. The summed E-state index contributed by atoms with van der Waals surface area (Å²) in [6.45, 7) is 2.48. The summed E-state index contributed by atoms with van der Waals surface area (Å²) in [5.74, 6) is 1.03. The van der Waals surface area contributed by atoms with E-state index >= 15 is 0 Å². The van der Waals surface area contributed by atoms with Gasteiger partial charge in [-0.3, -0.25) is 0 Å². The Morgan fingerprint density at radius 1 is 1.19 bits per heavy atom. The number of rotatable bonds is 8. The van der Waals surface area contributed by atoms with Crippen molar-refractivity contribution in [3.05, 3.63) is 52.0 Å². The van der Waals surface area contributed by atoms with Gasteiger partial charge in [-0.1, -0.05) is 36.2 Å². The number of para-hydroxylation sites is 1. The van der Waals surface area contributed by atoms with Gasteiger partial charge in [0.05, 0.1) is 34.9 Å². The maximum absolute atomic E-state index is 12.3. The summed E-state index contributed by atoms with van der Waals surface area (Å²) in [6.07, 6.45) is 2.17. The van der Waals surface area contributed by atoms with Crippen LogP contribution in [0.3, 0.4) is 0 Å². The largest absolute Gasteiger partial charge is 0.493 e. The van der Waals surface area contributed by atoms with Gasteiger partial charge >= 0.3 is 0 Å². The summed E-state index contributed by atoms with van der Waals surface area (Å²) >= 11 is 11.7. The SMILES string of the molecule is CCCOc1c(/C=N/NS(=O)(=O)c2ccc(Cl)c(Cl)c2)cccc1OC. The van der Waals surface area contributed by atoms with Gasteiger partial charge in [0.2, 0.25) is 0 Å². The molecule has 2 aromatic carbocycles. The van der Waals surface area contributed by atoms with Crippen LogP contribution in [0, 0.1) is 0 Å². The van der Waals surface area contributed by atoms with E-state index < -0.39 is 10.0 Å². The Bertz CT molecular complexity index is 902. The summed E-state index contributed by atoms with van der Waals surface area (Å²) in [4.78, 5) is 2.09. The summed E-state index contributed by atoms with van der Waals surface area (Å²) in [6, 6.07) is 9.25. The second-order valence-corrected chi connectivity index (χ2v) is 7.63. The number of halogens is 2. The van der Waals surface area contributed by atoms with E-state index in [1.165, 1.54) is 31.5 Å². The van der Waals surface area contributed by atoms with Gasteiger partial charge in [0.25, 0.3) is 10.0 Å². The Hall–Kier alpha value is -1.96. The van der Waals surface area contributed by atoms with E-state index in [4.69, 9.17) is 32.7 Å². The lowest BCUT2D eigenvalue weighted by molar-refractivity contribution is 0.294. The maximum Gasteiger partial charge on any atom is 0.276 e. The van der Waals surface area contributed by atoms with Crippen molar-refractivity contribution in [2.24, 2.45) is 5.10 Å². The maximum atomic E-state index is 12.3. The summed E-state index contributed by atoms with van der Waals surface area (Å²) in [5, 5.41) is 4.22. The van der Waals surface area contributed by atoms with Crippen LogP contribution in [0.2, 0.25) is 10.0 Å². The molecule has 0 aliphatic rings. The first kappa shape index (κ1) is 20.4. The van der Waals surface area contributed by atoms with Crippen LogP contribution < -0.4 is 14.3 Å². The van der Waals surface area contributed by atoms with Gasteiger partial charge in [-0.2, -0.15) is 13.5 Å². The summed E-state index contributed by atoms with van der Waals surface area (Å²) in [5.41, 5.74) is 0.578. The van der Waals surface area contributed by atoms with Crippen molar-refractivity contribution in [2.45, 2.75) is 18.2 Å². The minimum Gasteiger partial charge on any atom is -0.493 e. The molecule has 2 rings (SSSR count). The number of ether oxygens (including phenoxy) is 2. The van der Waals surface area contributed by atoms with E-state index in [1.54, 1.807) is 18.2 Å². The molecule has 0 aromatic heterocycles. The fourth-order valence-electron chi connectivity index (χ4n) is 2.02. The molecular formula is C17H18Cl2N2O4S. The van der Waals surface area contributed by atoms with Gasteiger partial charge in [-0.15, -0.1) is 0 Å². The standard InChI is InChI=1S/C17H18Cl2N2O4S/c1-3-9-25-17-12(5-4-6-16(17)24-2)11-20-21-26(22,23)13-7-8-14(18)15(19)10-13/h4-8,10-11,21H,3,9H2,1-2H3/b20-11+.